The lowest BCUT2D eigenvalue weighted by atomic mass is 10.1. The molecule has 0 atom stereocenters. The fourth-order valence-electron chi connectivity index (χ4n) is 1.71. The summed E-state index contributed by atoms with van der Waals surface area (Å²) in [7, 11) is 0. The molecule has 0 aliphatic heterocycles. The Morgan fingerprint density at radius 2 is 2.06 bits per heavy atom. The highest BCUT2D eigenvalue weighted by atomic mass is 15.1. The normalized spacial score (nSPS) is 11.0. The van der Waals surface area contributed by atoms with Crippen LogP contribution in [0.1, 0.15) is 19.4 Å². The van der Waals surface area contributed by atoms with Gasteiger partial charge in [-0.15, -0.1) is 0 Å². The minimum Gasteiger partial charge on any atom is -0.312 e. The monoisotopic (exact) mass is 230 g/mol. The Balaban J connectivity index is 2.07. The molecule has 0 unspecified atom stereocenters. The number of aromatic amines is 1. The summed E-state index contributed by atoms with van der Waals surface area (Å²) in [6.45, 7) is 6.26. The summed E-state index contributed by atoms with van der Waals surface area (Å²) in [5.41, 5.74) is 3.39. The smallest absolute Gasteiger partial charge is 0.0696 e. The number of hydrogen-bond acceptors (Lipinski definition) is 3. The standard InChI is InChI=1S/C13H18N4/c1-10(2)7-15-8-12-9-16-17-13(12)11-3-5-14-6-4-11/h3-6,9-10,15H,7-8H2,1-2H3,(H,16,17). The Morgan fingerprint density at radius 3 is 2.76 bits per heavy atom. The van der Waals surface area contributed by atoms with Crippen molar-refractivity contribution >= 4 is 0 Å². The van der Waals surface area contributed by atoms with Crippen LogP contribution in [0.4, 0.5) is 0 Å². The van der Waals surface area contributed by atoms with E-state index < -0.39 is 0 Å². The van der Waals surface area contributed by atoms with Crippen molar-refractivity contribution in [2.45, 2.75) is 20.4 Å². The first-order valence-corrected chi connectivity index (χ1v) is 5.90. The first kappa shape index (κ1) is 11.8. The third-order valence-electron chi connectivity index (χ3n) is 2.55. The first-order chi connectivity index (χ1) is 8.27. The van der Waals surface area contributed by atoms with Crippen molar-refractivity contribution in [2.24, 2.45) is 5.92 Å². The number of nitrogens with one attached hydrogen (secondary N) is 2. The van der Waals surface area contributed by atoms with Crippen molar-refractivity contribution in [1.82, 2.24) is 20.5 Å². The Morgan fingerprint density at radius 1 is 1.29 bits per heavy atom. The van der Waals surface area contributed by atoms with E-state index in [1.54, 1.807) is 12.4 Å². The third kappa shape index (κ3) is 3.14. The second kappa shape index (κ2) is 5.59. The van der Waals surface area contributed by atoms with Gasteiger partial charge in [0, 0.05) is 30.1 Å². The summed E-state index contributed by atoms with van der Waals surface area (Å²) < 4.78 is 0. The predicted molar refractivity (Wildman–Crippen MR) is 68.4 cm³/mol. The minimum atomic E-state index is 0.659. The Labute approximate surface area is 101 Å². The number of H-pyrrole nitrogens is 1. The molecule has 0 saturated heterocycles. The number of rotatable bonds is 5. The van der Waals surface area contributed by atoms with E-state index in [9.17, 15) is 0 Å². The Hall–Kier alpha value is -1.68. The van der Waals surface area contributed by atoms with Gasteiger partial charge in [0.2, 0.25) is 0 Å². The van der Waals surface area contributed by atoms with Crippen LogP contribution in [0.2, 0.25) is 0 Å². The van der Waals surface area contributed by atoms with Gasteiger partial charge in [0.1, 0.15) is 0 Å². The van der Waals surface area contributed by atoms with Crippen molar-refractivity contribution in [1.29, 1.82) is 0 Å². The van der Waals surface area contributed by atoms with Crippen LogP contribution >= 0.6 is 0 Å². The van der Waals surface area contributed by atoms with E-state index in [2.05, 4.69) is 34.3 Å². The molecule has 0 fully saturated rings. The van der Waals surface area contributed by atoms with Gasteiger partial charge >= 0.3 is 0 Å². The fourth-order valence-corrected chi connectivity index (χ4v) is 1.71. The molecule has 0 saturated carbocycles. The van der Waals surface area contributed by atoms with Gasteiger partial charge in [-0.05, 0) is 24.6 Å². The Bertz CT molecular complexity index is 447. The molecule has 4 heteroatoms. The lowest BCUT2D eigenvalue weighted by Crippen LogP contribution is -2.19. The van der Waals surface area contributed by atoms with Gasteiger partial charge < -0.3 is 5.32 Å². The van der Waals surface area contributed by atoms with E-state index in [0.717, 1.165) is 24.3 Å². The molecule has 0 aliphatic carbocycles. The minimum absolute atomic E-state index is 0.659. The highest BCUT2D eigenvalue weighted by Gasteiger charge is 2.06. The highest BCUT2D eigenvalue weighted by molar-refractivity contribution is 5.61. The zero-order valence-electron chi connectivity index (χ0n) is 10.3. The zero-order chi connectivity index (χ0) is 12.1. The van der Waals surface area contributed by atoms with Crippen LogP contribution in [0.3, 0.4) is 0 Å². The van der Waals surface area contributed by atoms with Crippen LogP contribution in [-0.2, 0) is 6.54 Å². The topological polar surface area (TPSA) is 53.6 Å². The molecule has 0 spiro atoms. The van der Waals surface area contributed by atoms with Crippen molar-refractivity contribution in [3.8, 4) is 11.3 Å². The molecule has 0 bridgehead atoms. The molecule has 0 aromatic carbocycles. The highest BCUT2D eigenvalue weighted by Crippen LogP contribution is 2.19. The van der Waals surface area contributed by atoms with E-state index in [-0.39, 0.29) is 0 Å². The molecule has 0 amide bonds. The van der Waals surface area contributed by atoms with Crippen LogP contribution in [0.5, 0.6) is 0 Å². The molecule has 90 valence electrons. The maximum absolute atomic E-state index is 4.11. The number of pyridine rings is 1. The SMILES string of the molecule is CC(C)CNCc1cn[nH]c1-c1ccncc1. The average Bonchev–Trinajstić information content (AvgIpc) is 2.78. The molecular weight excluding hydrogens is 212 g/mol. The third-order valence-corrected chi connectivity index (χ3v) is 2.55. The lowest BCUT2D eigenvalue weighted by molar-refractivity contribution is 0.553. The maximum atomic E-state index is 4.11. The summed E-state index contributed by atoms with van der Waals surface area (Å²) in [5, 5.41) is 10.6. The van der Waals surface area contributed by atoms with E-state index in [1.807, 2.05) is 18.3 Å². The molecule has 2 aromatic heterocycles. The molecule has 2 rings (SSSR count). The molecule has 17 heavy (non-hydrogen) atoms. The quantitative estimate of drug-likeness (QED) is 0.828. The van der Waals surface area contributed by atoms with Crippen LogP contribution in [0, 0.1) is 5.92 Å². The number of hydrogen-bond donors (Lipinski definition) is 2. The summed E-state index contributed by atoms with van der Waals surface area (Å²) in [5.74, 6) is 0.659. The van der Waals surface area contributed by atoms with Crippen molar-refractivity contribution in [3.05, 3.63) is 36.3 Å². The van der Waals surface area contributed by atoms with Crippen LogP contribution in [0.15, 0.2) is 30.7 Å². The van der Waals surface area contributed by atoms with Crippen LogP contribution in [0.25, 0.3) is 11.3 Å². The van der Waals surface area contributed by atoms with Gasteiger partial charge in [0.25, 0.3) is 0 Å². The van der Waals surface area contributed by atoms with E-state index in [1.165, 1.54) is 5.56 Å². The average molecular weight is 230 g/mol. The lowest BCUT2D eigenvalue weighted by Gasteiger charge is -2.07. The van der Waals surface area contributed by atoms with Gasteiger partial charge in [0.15, 0.2) is 0 Å². The molecular formula is C13H18N4. The van der Waals surface area contributed by atoms with Gasteiger partial charge in [-0.2, -0.15) is 5.10 Å². The second-order valence-corrected chi connectivity index (χ2v) is 4.53. The zero-order valence-corrected chi connectivity index (χ0v) is 10.3. The summed E-state index contributed by atoms with van der Waals surface area (Å²) in [4.78, 5) is 4.02. The first-order valence-electron chi connectivity index (χ1n) is 5.90. The van der Waals surface area contributed by atoms with Crippen molar-refractivity contribution in [2.75, 3.05) is 6.54 Å². The number of aromatic nitrogens is 3. The largest absolute Gasteiger partial charge is 0.312 e. The summed E-state index contributed by atoms with van der Waals surface area (Å²) in [6, 6.07) is 3.97. The van der Waals surface area contributed by atoms with Gasteiger partial charge in [0.05, 0.1) is 11.9 Å². The van der Waals surface area contributed by atoms with Crippen molar-refractivity contribution in [3.63, 3.8) is 0 Å². The van der Waals surface area contributed by atoms with Crippen LogP contribution in [-0.4, -0.2) is 21.7 Å². The number of nitrogens with zero attached hydrogens (tertiary/aromatic N) is 2. The molecule has 2 aromatic rings. The molecule has 2 N–H and O–H groups in total. The van der Waals surface area contributed by atoms with Gasteiger partial charge in [-0.25, -0.2) is 0 Å². The molecule has 0 aliphatic rings. The molecule has 4 nitrogen and oxygen atoms in total. The predicted octanol–water partition coefficient (Wildman–Crippen LogP) is 2.22. The van der Waals surface area contributed by atoms with Crippen molar-refractivity contribution < 1.29 is 0 Å². The molecule has 0 radical (unpaired) electrons. The molecule has 2 heterocycles. The van der Waals surface area contributed by atoms with E-state index >= 15 is 0 Å². The summed E-state index contributed by atoms with van der Waals surface area (Å²) >= 11 is 0. The maximum Gasteiger partial charge on any atom is 0.0696 e. The van der Waals surface area contributed by atoms with E-state index in [4.69, 9.17) is 0 Å². The van der Waals surface area contributed by atoms with Gasteiger partial charge in [-0.3, -0.25) is 10.1 Å². The summed E-state index contributed by atoms with van der Waals surface area (Å²) in [6.07, 6.45) is 5.46. The van der Waals surface area contributed by atoms with Gasteiger partial charge in [-0.1, -0.05) is 13.8 Å². The fraction of sp³-hybridized carbons (Fsp3) is 0.385. The Kier molecular flexibility index (Phi) is 3.88. The van der Waals surface area contributed by atoms with Crippen LogP contribution < -0.4 is 5.32 Å². The van der Waals surface area contributed by atoms with E-state index in [0.29, 0.717) is 5.92 Å². The second-order valence-electron chi connectivity index (χ2n) is 4.53.